The van der Waals surface area contributed by atoms with Gasteiger partial charge in [-0.3, -0.25) is 14.4 Å². The Hall–Kier alpha value is -3.21. The van der Waals surface area contributed by atoms with Gasteiger partial charge in [0.05, 0.1) is 7.11 Å². The van der Waals surface area contributed by atoms with Crippen LogP contribution < -0.4 is 5.32 Å². The Morgan fingerprint density at radius 2 is 1.50 bits per heavy atom. The van der Waals surface area contributed by atoms with E-state index in [1.807, 2.05) is 19.9 Å². The zero-order valence-corrected chi connectivity index (χ0v) is 16.2. The predicted molar refractivity (Wildman–Crippen MR) is 106 cm³/mol. The fourth-order valence-corrected chi connectivity index (χ4v) is 3.33. The molecule has 5 heteroatoms. The fourth-order valence-electron chi connectivity index (χ4n) is 3.33. The van der Waals surface area contributed by atoms with E-state index >= 15 is 0 Å². The summed E-state index contributed by atoms with van der Waals surface area (Å²) in [4.78, 5) is 38.0. The summed E-state index contributed by atoms with van der Waals surface area (Å²) in [7, 11) is 1.40. The van der Waals surface area contributed by atoms with Crippen molar-refractivity contribution in [2.45, 2.75) is 20.3 Å². The van der Waals surface area contributed by atoms with Crippen LogP contribution in [0.15, 0.2) is 65.9 Å². The number of fused-ring (bicyclic) bond motifs is 1. The van der Waals surface area contributed by atoms with Crippen molar-refractivity contribution in [2.75, 3.05) is 13.7 Å². The zero-order valence-electron chi connectivity index (χ0n) is 16.2. The first kappa shape index (κ1) is 19.5. The lowest BCUT2D eigenvalue weighted by Crippen LogP contribution is -2.36. The van der Waals surface area contributed by atoms with E-state index in [0.29, 0.717) is 35.2 Å². The highest BCUT2D eigenvalue weighted by molar-refractivity contribution is 6.26. The molecule has 0 heterocycles. The van der Waals surface area contributed by atoms with Crippen molar-refractivity contribution < 1.29 is 19.1 Å². The Labute approximate surface area is 164 Å². The van der Waals surface area contributed by atoms with E-state index in [0.717, 1.165) is 0 Å². The summed E-state index contributed by atoms with van der Waals surface area (Å²) in [5.41, 5.74) is 1.24. The average molecular weight is 377 g/mol. The molecule has 0 aliphatic heterocycles. The van der Waals surface area contributed by atoms with E-state index in [9.17, 15) is 14.4 Å². The fraction of sp³-hybridized carbons (Fsp3) is 0.261. The van der Waals surface area contributed by atoms with E-state index in [1.165, 1.54) is 7.11 Å². The average Bonchev–Trinajstić information content (AvgIpc) is 2.71. The van der Waals surface area contributed by atoms with Gasteiger partial charge in [-0.15, -0.1) is 0 Å². The third-order valence-electron chi connectivity index (χ3n) is 4.79. The van der Waals surface area contributed by atoms with E-state index in [4.69, 9.17) is 4.74 Å². The molecule has 0 fully saturated rings. The number of ketones is 2. The van der Waals surface area contributed by atoms with Gasteiger partial charge in [-0.1, -0.05) is 56.3 Å². The molecule has 0 atom stereocenters. The van der Waals surface area contributed by atoms with Crippen LogP contribution in [0.1, 0.15) is 51.3 Å². The minimum absolute atomic E-state index is 0.0890. The largest absolute Gasteiger partial charge is 0.492 e. The van der Waals surface area contributed by atoms with Gasteiger partial charge in [-0.25, -0.2) is 0 Å². The summed E-state index contributed by atoms with van der Waals surface area (Å²) < 4.78 is 5.31. The second-order valence-corrected chi connectivity index (χ2v) is 7.61. The highest BCUT2D eigenvalue weighted by Crippen LogP contribution is 2.34. The third kappa shape index (κ3) is 3.88. The second-order valence-electron chi connectivity index (χ2n) is 7.61. The summed E-state index contributed by atoms with van der Waals surface area (Å²) in [5, 5.41) is 2.91. The number of hydrogen-bond donors (Lipinski definition) is 1. The standard InChI is InChI=1S/C23H23NO4/c1-23(2,14-24-22(27)15-9-5-4-6-10-15)13-18-19(25)16-11-7-8-12-17(16)20(26)21(18)28-3/h4-12H,13-14H2,1-3H3,(H,24,27). The molecule has 1 aliphatic carbocycles. The van der Waals surface area contributed by atoms with E-state index in [1.54, 1.807) is 48.5 Å². The molecule has 0 aromatic heterocycles. The molecule has 0 saturated heterocycles. The molecule has 5 nitrogen and oxygen atoms in total. The first-order valence-electron chi connectivity index (χ1n) is 9.13. The molecule has 1 aliphatic rings. The Morgan fingerprint density at radius 1 is 0.929 bits per heavy atom. The van der Waals surface area contributed by atoms with Gasteiger partial charge >= 0.3 is 0 Å². The lowest BCUT2D eigenvalue weighted by atomic mass is 9.78. The van der Waals surface area contributed by atoms with Gasteiger partial charge in [-0.05, 0) is 24.0 Å². The van der Waals surface area contributed by atoms with Gasteiger partial charge in [0.25, 0.3) is 5.91 Å². The molecule has 0 spiro atoms. The highest BCUT2D eigenvalue weighted by Gasteiger charge is 2.36. The summed E-state index contributed by atoms with van der Waals surface area (Å²) in [5.74, 6) is -0.566. The van der Waals surface area contributed by atoms with Crippen LogP contribution in [0.3, 0.4) is 0 Å². The molecule has 2 aromatic carbocycles. The molecule has 28 heavy (non-hydrogen) atoms. The van der Waals surface area contributed by atoms with E-state index in [2.05, 4.69) is 5.32 Å². The van der Waals surface area contributed by atoms with Gasteiger partial charge in [0.2, 0.25) is 5.78 Å². The summed E-state index contributed by atoms with van der Waals surface area (Å²) in [6.07, 6.45) is 0.310. The number of carbonyl (C=O) groups excluding carboxylic acids is 3. The van der Waals surface area contributed by atoms with Crippen LogP contribution in [-0.4, -0.2) is 31.1 Å². The lowest BCUT2D eigenvalue weighted by molar-refractivity contribution is 0.0890. The number of benzene rings is 2. The van der Waals surface area contributed by atoms with Crippen molar-refractivity contribution in [2.24, 2.45) is 5.41 Å². The number of ether oxygens (including phenoxy) is 1. The van der Waals surface area contributed by atoms with Crippen molar-refractivity contribution in [3.8, 4) is 0 Å². The van der Waals surface area contributed by atoms with Gasteiger partial charge in [0, 0.05) is 28.8 Å². The molecule has 1 N–H and O–H groups in total. The molecule has 0 saturated carbocycles. The second kappa shape index (κ2) is 7.80. The monoisotopic (exact) mass is 377 g/mol. The lowest BCUT2D eigenvalue weighted by Gasteiger charge is -2.28. The number of amides is 1. The number of methoxy groups -OCH3 is 1. The molecular weight excluding hydrogens is 354 g/mol. The van der Waals surface area contributed by atoms with E-state index in [-0.39, 0.29) is 23.2 Å². The number of carbonyl (C=O) groups is 3. The number of rotatable bonds is 6. The van der Waals surface area contributed by atoms with Gasteiger partial charge < -0.3 is 10.1 Å². The first-order chi connectivity index (χ1) is 13.3. The Morgan fingerprint density at radius 3 is 2.11 bits per heavy atom. The number of hydrogen-bond acceptors (Lipinski definition) is 4. The zero-order chi connectivity index (χ0) is 20.3. The molecule has 144 valence electrons. The molecule has 0 bridgehead atoms. The van der Waals surface area contributed by atoms with Gasteiger partial charge in [0.15, 0.2) is 11.5 Å². The minimum Gasteiger partial charge on any atom is -0.492 e. The number of nitrogens with one attached hydrogen (secondary N) is 1. The van der Waals surface area contributed by atoms with Crippen molar-refractivity contribution in [3.63, 3.8) is 0 Å². The third-order valence-corrected chi connectivity index (χ3v) is 4.79. The van der Waals surface area contributed by atoms with Crippen LogP contribution in [0.25, 0.3) is 0 Å². The molecule has 3 rings (SSSR count). The Kier molecular flexibility index (Phi) is 5.45. The molecule has 2 aromatic rings. The molecule has 1 amide bonds. The quantitative estimate of drug-likeness (QED) is 0.831. The molecule has 0 radical (unpaired) electrons. The maximum atomic E-state index is 13.0. The predicted octanol–water partition coefficient (Wildman–Crippen LogP) is 3.81. The summed E-state index contributed by atoms with van der Waals surface area (Å²) in [6.45, 7) is 4.23. The van der Waals surface area contributed by atoms with Crippen molar-refractivity contribution in [3.05, 3.63) is 82.6 Å². The van der Waals surface area contributed by atoms with Crippen molar-refractivity contribution >= 4 is 17.5 Å². The maximum Gasteiger partial charge on any atom is 0.251 e. The van der Waals surface area contributed by atoms with Crippen molar-refractivity contribution in [1.82, 2.24) is 5.32 Å². The first-order valence-corrected chi connectivity index (χ1v) is 9.13. The number of Topliss-reactive ketones (excluding diaryl/α,β-unsaturated/α-hetero) is 2. The smallest absolute Gasteiger partial charge is 0.251 e. The van der Waals surface area contributed by atoms with Gasteiger partial charge in [0.1, 0.15) is 0 Å². The SMILES string of the molecule is COC1=C(CC(C)(C)CNC(=O)c2ccccc2)C(=O)c2ccccc2C1=O. The van der Waals surface area contributed by atoms with E-state index < -0.39 is 5.41 Å². The highest BCUT2D eigenvalue weighted by atomic mass is 16.5. The van der Waals surface area contributed by atoms with Crippen LogP contribution in [-0.2, 0) is 4.74 Å². The number of allylic oxidation sites excluding steroid dienone is 2. The Bertz CT molecular complexity index is 958. The van der Waals surface area contributed by atoms with Crippen LogP contribution in [0, 0.1) is 5.41 Å². The maximum absolute atomic E-state index is 13.0. The van der Waals surface area contributed by atoms with Gasteiger partial charge in [-0.2, -0.15) is 0 Å². The van der Waals surface area contributed by atoms with Crippen LogP contribution in [0.2, 0.25) is 0 Å². The summed E-state index contributed by atoms with van der Waals surface area (Å²) >= 11 is 0. The van der Waals surface area contributed by atoms with Crippen molar-refractivity contribution in [1.29, 1.82) is 0 Å². The topological polar surface area (TPSA) is 72.5 Å². The molecular formula is C23H23NO4. The normalized spacial score (nSPS) is 14.0. The Balaban J connectivity index is 1.79. The molecule has 0 unspecified atom stereocenters. The van der Waals surface area contributed by atoms with Crippen LogP contribution in [0.5, 0.6) is 0 Å². The van der Waals surface area contributed by atoms with Crippen LogP contribution in [0.4, 0.5) is 0 Å². The minimum atomic E-state index is -0.453. The summed E-state index contributed by atoms with van der Waals surface area (Å²) in [6, 6.07) is 15.7. The van der Waals surface area contributed by atoms with Crippen LogP contribution >= 0.6 is 0 Å².